The lowest BCUT2D eigenvalue weighted by atomic mass is 10.1. The maximum Gasteiger partial charge on any atom is 0.224 e. The average Bonchev–Trinajstić information content (AvgIpc) is 3.18. The summed E-state index contributed by atoms with van der Waals surface area (Å²) < 4.78 is 16.4. The van der Waals surface area contributed by atoms with E-state index in [1.165, 1.54) is 0 Å². The van der Waals surface area contributed by atoms with Gasteiger partial charge in [0.15, 0.2) is 11.7 Å². The SMILES string of the molecule is COc1ccc(-c2cnc(CCC(=O)Nc3cccc(C)c3C)o2)c(OC)c1. The van der Waals surface area contributed by atoms with Crippen LogP contribution in [-0.2, 0) is 11.2 Å². The molecule has 1 aromatic heterocycles. The first kappa shape index (κ1) is 19.5. The van der Waals surface area contributed by atoms with Crippen molar-refractivity contribution in [2.24, 2.45) is 0 Å². The Kier molecular flexibility index (Phi) is 5.99. The second-order valence-electron chi connectivity index (χ2n) is 6.48. The van der Waals surface area contributed by atoms with E-state index in [2.05, 4.69) is 10.3 Å². The number of oxazole rings is 1. The van der Waals surface area contributed by atoms with Crippen LogP contribution in [0, 0.1) is 13.8 Å². The van der Waals surface area contributed by atoms with Crippen molar-refractivity contribution in [1.29, 1.82) is 0 Å². The molecule has 0 aliphatic carbocycles. The fraction of sp³-hybridized carbons (Fsp3) is 0.273. The van der Waals surface area contributed by atoms with E-state index >= 15 is 0 Å². The maximum absolute atomic E-state index is 12.3. The highest BCUT2D eigenvalue weighted by Crippen LogP contribution is 2.33. The molecule has 6 heteroatoms. The number of aromatic nitrogens is 1. The quantitative estimate of drug-likeness (QED) is 0.651. The standard InChI is InChI=1S/C22H24N2O4/c1-14-6-5-7-18(15(14)2)24-21(25)10-11-22-23-13-20(28-22)17-9-8-16(26-3)12-19(17)27-4/h5-9,12-13H,10-11H2,1-4H3,(H,24,25). The van der Waals surface area contributed by atoms with E-state index < -0.39 is 0 Å². The Balaban J connectivity index is 1.65. The largest absolute Gasteiger partial charge is 0.497 e. The third kappa shape index (κ3) is 4.34. The Hall–Kier alpha value is -3.28. The molecule has 0 atom stereocenters. The van der Waals surface area contributed by atoms with Gasteiger partial charge in [-0.2, -0.15) is 0 Å². The molecular formula is C22H24N2O4. The molecule has 0 fully saturated rings. The van der Waals surface area contributed by atoms with Crippen LogP contribution in [0.15, 0.2) is 47.0 Å². The summed E-state index contributed by atoms with van der Waals surface area (Å²) in [6, 6.07) is 11.3. The number of carbonyl (C=O) groups is 1. The summed E-state index contributed by atoms with van der Waals surface area (Å²) in [6.07, 6.45) is 2.34. The number of methoxy groups -OCH3 is 2. The molecule has 2 aromatic carbocycles. The smallest absolute Gasteiger partial charge is 0.224 e. The van der Waals surface area contributed by atoms with Gasteiger partial charge in [-0.15, -0.1) is 0 Å². The van der Waals surface area contributed by atoms with Gasteiger partial charge in [-0.3, -0.25) is 4.79 Å². The molecule has 0 unspecified atom stereocenters. The molecule has 1 amide bonds. The van der Waals surface area contributed by atoms with E-state index in [1.807, 2.05) is 44.2 Å². The molecule has 3 rings (SSSR count). The van der Waals surface area contributed by atoms with Crippen molar-refractivity contribution in [3.05, 3.63) is 59.6 Å². The number of nitrogens with one attached hydrogen (secondary N) is 1. The second kappa shape index (κ2) is 8.61. The average molecular weight is 380 g/mol. The van der Waals surface area contributed by atoms with Crippen molar-refractivity contribution in [3.8, 4) is 22.8 Å². The topological polar surface area (TPSA) is 73.6 Å². The molecule has 3 aromatic rings. The van der Waals surface area contributed by atoms with Crippen LogP contribution in [-0.4, -0.2) is 25.1 Å². The molecule has 0 bridgehead atoms. The zero-order valence-electron chi connectivity index (χ0n) is 16.5. The summed E-state index contributed by atoms with van der Waals surface area (Å²) in [5.41, 5.74) is 3.83. The van der Waals surface area contributed by atoms with Crippen LogP contribution in [0.25, 0.3) is 11.3 Å². The summed E-state index contributed by atoms with van der Waals surface area (Å²) in [5, 5.41) is 2.95. The van der Waals surface area contributed by atoms with E-state index in [4.69, 9.17) is 13.9 Å². The molecule has 0 spiro atoms. The van der Waals surface area contributed by atoms with Crippen LogP contribution in [0.1, 0.15) is 23.4 Å². The molecule has 6 nitrogen and oxygen atoms in total. The van der Waals surface area contributed by atoms with E-state index in [9.17, 15) is 4.79 Å². The van der Waals surface area contributed by atoms with E-state index in [0.29, 0.717) is 29.6 Å². The fourth-order valence-electron chi connectivity index (χ4n) is 2.87. The highest BCUT2D eigenvalue weighted by Gasteiger charge is 2.14. The number of amides is 1. The summed E-state index contributed by atoms with van der Waals surface area (Å²) in [4.78, 5) is 16.6. The minimum atomic E-state index is -0.0736. The Morgan fingerprint density at radius 1 is 1.14 bits per heavy atom. The predicted molar refractivity (Wildman–Crippen MR) is 108 cm³/mol. The van der Waals surface area contributed by atoms with E-state index in [0.717, 1.165) is 22.4 Å². The minimum absolute atomic E-state index is 0.0736. The number of hydrogen-bond acceptors (Lipinski definition) is 5. The van der Waals surface area contributed by atoms with Crippen molar-refractivity contribution in [2.45, 2.75) is 26.7 Å². The zero-order chi connectivity index (χ0) is 20.1. The Bertz CT molecular complexity index is 978. The first-order valence-electron chi connectivity index (χ1n) is 9.05. The van der Waals surface area contributed by atoms with Gasteiger partial charge < -0.3 is 19.2 Å². The van der Waals surface area contributed by atoms with Gasteiger partial charge in [-0.25, -0.2) is 4.98 Å². The molecule has 28 heavy (non-hydrogen) atoms. The molecule has 1 N–H and O–H groups in total. The van der Waals surface area contributed by atoms with Crippen molar-refractivity contribution in [3.63, 3.8) is 0 Å². The molecule has 0 saturated heterocycles. The third-order valence-electron chi connectivity index (χ3n) is 4.67. The van der Waals surface area contributed by atoms with Crippen molar-refractivity contribution in [1.82, 2.24) is 4.98 Å². The second-order valence-corrected chi connectivity index (χ2v) is 6.48. The number of rotatable bonds is 7. The van der Waals surface area contributed by atoms with Gasteiger partial charge in [-0.05, 0) is 43.2 Å². The number of benzene rings is 2. The molecular weight excluding hydrogens is 356 g/mol. The van der Waals surface area contributed by atoms with Gasteiger partial charge in [0.1, 0.15) is 11.5 Å². The van der Waals surface area contributed by atoms with Crippen LogP contribution in [0.5, 0.6) is 11.5 Å². The van der Waals surface area contributed by atoms with Crippen LogP contribution in [0.3, 0.4) is 0 Å². The number of hydrogen-bond donors (Lipinski definition) is 1. The summed E-state index contributed by atoms with van der Waals surface area (Å²) in [5.74, 6) is 2.35. The first-order valence-corrected chi connectivity index (χ1v) is 9.05. The van der Waals surface area contributed by atoms with Gasteiger partial charge in [0, 0.05) is 24.6 Å². The minimum Gasteiger partial charge on any atom is -0.497 e. The molecule has 0 radical (unpaired) electrons. The molecule has 1 heterocycles. The van der Waals surface area contributed by atoms with Gasteiger partial charge in [0.2, 0.25) is 5.91 Å². The Morgan fingerprint density at radius 2 is 1.96 bits per heavy atom. The Morgan fingerprint density at radius 3 is 2.71 bits per heavy atom. The van der Waals surface area contributed by atoms with Crippen molar-refractivity contribution in [2.75, 3.05) is 19.5 Å². The number of anilines is 1. The Labute approximate surface area is 164 Å². The van der Waals surface area contributed by atoms with Gasteiger partial charge in [0.05, 0.1) is 26.0 Å². The zero-order valence-corrected chi connectivity index (χ0v) is 16.5. The predicted octanol–water partition coefficient (Wildman–Crippen LogP) is 4.55. The first-order chi connectivity index (χ1) is 13.5. The number of nitrogens with zero attached hydrogens (tertiary/aromatic N) is 1. The van der Waals surface area contributed by atoms with Gasteiger partial charge in [-0.1, -0.05) is 12.1 Å². The van der Waals surface area contributed by atoms with Gasteiger partial charge >= 0.3 is 0 Å². The molecule has 0 aliphatic rings. The van der Waals surface area contributed by atoms with E-state index in [-0.39, 0.29) is 12.3 Å². The van der Waals surface area contributed by atoms with Crippen molar-refractivity contribution >= 4 is 11.6 Å². The number of ether oxygens (including phenoxy) is 2. The lowest BCUT2D eigenvalue weighted by Crippen LogP contribution is -2.13. The van der Waals surface area contributed by atoms with E-state index in [1.54, 1.807) is 26.5 Å². The normalized spacial score (nSPS) is 10.6. The highest BCUT2D eigenvalue weighted by molar-refractivity contribution is 5.91. The third-order valence-corrected chi connectivity index (χ3v) is 4.67. The lowest BCUT2D eigenvalue weighted by molar-refractivity contribution is -0.116. The lowest BCUT2D eigenvalue weighted by Gasteiger charge is -2.09. The van der Waals surface area contributed by atoms with Crippen LogP contribution < -0.4 is 14.8 Å². The monoisotopic (exact) mass is 380 g/mol. The number of carbonyl (C=O) groups excluding carboxylic acids is 1. The van der Waals surface area contributed by atoms with Crippen LogP contribution in [0.4, 0.5) is 5.69 Å². The molecule has 0 aliphatic heterocycles. The molecule has 146 valence electrons. The maximum atomic E-state index is 12.3. The molecule has 0 saturated carbocycles. The fourth-order valence-corrected chi connectivity index (χ4v) is 2.87. The summed E-state index contributed by atoms with van der Waals surface area (Å²) in [6.45, 7) is 4.01. The van der Waals surface area contributed by atoms with Crippen LogP contribution >= 0.6 is 0 Å². The summed E-state index contributed by atoms with van der Waals surface area (Å²) in [7, 11) is 3.19. The highest BCUT2D eigenvalue weighted by atomic mass is 16.5. The van der Waals surface area contributed by atoms with Crippen molar-refractivity contribution < 1.29 is 18.7 Å². The summed E-state index contributed by atoms with van der Waals surface area (Å²) >= 11 is 0. The van der Waals surface area contributed by atoms with Gasteiger partial charge in [0.25, 0.3) is 0 Å². The number of aryl methyl sites for hydroxylation is 2. The van der Waals surface area contributed by atoms with Crippen LogP contribution in [0.2, 0.25) is 0 Å².